The first kappa shape index (κ1) is 25.8. The second-order valence-electron chi connectivity index (χ2n) is 9.95. The molecule has 0 unspecified atom stereocenters. The molecule has 3 aliphatic rings. The van der Waals surface area contributed by atoms with Crippen molar-refractivity contribution in [2.45, 2.75) is 84.5 Å². The van der Waals surface area contributed by atoms with Gasteiger partial charge in [0.05, 0.1) is 12.3 Å². The number of fused-ring (bicyclic) bond motifs is 1. The summed E-state index contributed by atoms with van der Waals surface area (Å²) in [5.74, 6) is -0.252. The molecule has 1 saturated heterocycles. The third kappa shape index (κ3) is 6.62. The Hall–Kier alpha value is -1.82. The Kier molecular flexibility index (Phi) is 9.02. The van der Waals surface area contributed by atoms with E-state index in [2.05, 4.69) is 32.1 Å². The molecule has 6 nitrogen and oxygen atoms in total. The van der Waals surface area contributed by atoms with E-state index in [9.17, 15) is 14.4 Å². The largest absolute Gasteiger partial charge is 0.462 e. The van der Waals surface area contributed by atoms with Crippen molar-refractivity contribution >= 4 is 29.5 Å². The number of alkyl halides is 1. The number of hydrogen-bond acceptors (Lipinski definition) is 6. The molecule has 33 heavy (non-hydrogen) atoms. The molecule has 0 radical (unpaired) electrons. The number of rotatable bonds is 8. The maximum atomic E-state index is 12.6. The van der Waals surface area contributed by atoms with Gasteiger partial charge in [0.1, 0.15) is 24.2 Å². The summed E-state index contributed by atoms with van der Waals surface area (Å²) in [6, 6.07) is 0. The van der Waals surface area contributed by atoms with Crippen LogP contribution in [0.5, 0.6) is 0 Å². The second-order valence-corrected chi connectivity index (χ2v) is 10.2. The maximum absolute atomic E-state index is 12.6. The molecule has 3 rings (SSSR count). The van der Waals surface area contributed by atoms with Gasteiger partial charge >= 0.3 is 17.9 Å². The van der Waals surface area contributed by atoms with Crippen molar-refractivity contribution in [2.24, 2.45) is 29.6 Å². The summed E-state index contributed by atoms with van der Waals surface area (Å²) >= 11 is 5.54. The van der Waals surface area contributed by atoms with Gasteiger partial charge < -0.3 is 14.2 Å². The fourth-order valence-corrected chi connectivity index (χ4v) is 5.42. The Balaban J connectivity index is 1.70. The lowest BCUT2D eigenvalue weighted by molar-refractivity contribution is -0.169. The fraction of sp³-hybridized carbons (Fsp3) is 0.731. The summed E-state index contributed by atoms with van der Waals surface area (Å²) < 4.78 is 16.9. The van der Waals surface area contributed by atoms with Gasteiger partial charge in [0, 0.05) is 12.3 Å². The minimum atomic E-state index is -0.516. The molecule has 2 aliphatic carbocycles. The van der Waals surface area contributed by atoms with Crippen LogP contribution < -0.4 is 0 Å². The van der Waals surface area contributed by atoms with Crippen molar-refractivity contribution in [3.05, 3.63) is 23.8 Å². The second kappa shape index (κ2) is 11.5. The van der Waals surface area contributed by atoms with Crippen LogP contribution in [0, 0.1) is 29.6 Å². The summed E-state index contributed by atoms with van der Waals surface area (Å²) in [5.41, 5.74) is 1.24. The summed E-state index contributed by atoms with van der Waals surface area (Å²) in [6.45, 7) is 8.27. The molecule has 0 aromatic heterocycles. The van der Waals surface area contributed by atoms with Crippen LogP contribution in [0.1, 0.15) is 66.2 Å². The standard InChI is InChI=1S/C26H37ClO6/c1-5-16(3)26(30)33-22-11-15(2)10-18-7-6-17(4)21(25(18)22)9-8-19-12-20(13-23(28)31-19)32-24(29)14-27/h6-7,10,15-17,19-22,25H,5,8-9,11-14H2,1-4H3/t15-,16-,17-,19+,20+,21-,22-,25-/m0/s1. The first-order chi connectivity index (χ1) is 15.7. The minimum absolute atomic E-state index is 0.0722. The predicted octanol–water partition coefficient (Wildman–Crippen LogP) is 4.99. The van der Waals surface area contributed by atoms with Crippen LogP contribution in [0.15, 0.2) is 23.8 Å². The van der Waals surface area contributed by atoms with Gasteiger partial charge in [-0.15, -0.1) is 11.6 Å². The Labute approximate surface area is 202 Å². The normalized spacial score (nSPS) is 34.5. The lowest BCUT2D eigenvalue weighted by atomic mass is 9.65. The number of carbonyl (C=O) groups excluding carboxylic acids is 3. The quantitative estimate of drug-likeness (QED) is 0.277. The molecule has 0 aromatic carbocycles. The molecule has 0 bridgehead atoms. The highest BCUT2D eigenvalue weighted by Gasteiger charge is 2.42. The lowest BCUT2D eigenvalue weighted by Gasteiger charge is -2.43. The molecule has 0 N–H and O–H groups in total. The maximum Gasteiger partial charge on any atom is 0.321 e. The number of esters is 3. The van der Waals surface area contributed by atoms with Crippen molar-refractivity contribution in [3.63, 3.8) is 0 Å². The molecule has 0 amide bonds. The molecule has 184 valence electrons. The average Bonchev–Trinajstić information content (AvgIpc) is 2.77. The van der Waals surface area contributed by atoms with E-state index >= 15 is 0 Å². The third-order valence-corrected chi connectivity index (χ3v) is 7.54. The molecule has 0 aromatic rings. The lowest BCUT2D eigenvalue weighted by Crippen LogP contribution is -2.42. The van der Waals surface area contributed by atoms with E-state index in [1.807, 2.05) is 13.8 Å². The van der Waals surface area contributed by atoms with Gasteiger partial charge in [-0.25, -0.2) is 0 Å². The highest BCUT2D eigenvalue weighted by Crippen LogP contribution is 2.45. The molecule has 1 aliphatic heterocycles. The van der Waals surface area contributed by atoms with E-state index in [1.54, 1.807) is 0 Å². The van der Waals surface area contributed by atoms with E-state index in [0.29, 0.717) is 24.7 Å². The Morgan fingerprint density at radius 3 is 2.67 bits per heavy atom. The van der Waals surface area contributed by atoms with E-state index in [0.717, 1.165) is 19.3 Å². The van der Waals surface area contributed by atoms with E-state index in [4.69, 9.17) is 25.8 Å². The zero-order chi connectivity index (χ0) is 24.1. The molecular weight excluding hydrogens is 444 g/mol. The van der Waals surface area contributed by atoms with Gasteiger partial charge in [-0.3, -0.25) is 14.4 Å². The van der Waals surface area contributed by atoms with E-state index < -0.39 is 12.1 Å². The first-order valence-electron chi connectivity index (χ1n) is 12.3. The average molecular weight is 481 g/mol. The monoisotopic (exact) mass is 480 g/mol. The topological polar surface area (TPSA) is 78.9 Å². The van der Waals surface area contributed by atoms with Crippen LogP contribution in [0.3, 0.4) is 0 Å². The van der Waals surface area contributed by atoms with Gasteiger partial charge in [0.25, 0.3) is 0 Å². The third-order valence-electron chi connectivity index (χ3n) is 7.33. The van der Waals surface area contributed by atoms with Crippen molar-refractivity contribution in [1.29, 1.82) is 0 Å². The smallest absolute Gasteiger partial charge is 0.321 e. The summed E-state index contributed by atoms with van der Waals surface area (Å²) in [6.07, 6.45) is 9.44. The molecule has 7 heteroatoms. The molecule has 0 spiro atoms. The van der Waals surface area contributed by atoms with Gasteiger partial charge in [-0.2, -0.15) is 0 Å². The van der Waals surface area contributed by atoms with Crippen LogP contribution in [-0.2, 0) is 28.6 Å². The number of halogens is 1. The SMILES string of the molecule is CC[C@H](C)C(=O)O[C@H]1C[C@@H](C)C=C2C=C[C@H](C)[C@H](CC[C@@H]3C[C@@H](OC(=O)CCl)CC(=O)O3)[C@H]21. The van der Waals surface area contributed by atoms with Crippen LogP contribution in [0.2, 0.25) is 0 Å². The van der Waals surface area contributed by atoms with Crippen LogP contribution in [-0.4, -0.2) is 42.1 Å². The Morgan fingerprint density at radius 2 is 1.97 bits per heavy atom. The van der Waals surface area contributed by atoms with E-state index in [1.165, 1.54) is 5.57 Å². The Morgan fingerprint density at radius 1 is 1.21 bits per heavy atom. The highest BCUT2D eigenvalue weighted by molar-refractivity contribution is 6.26. The van der Waals surface area contributed by atoms with Crippen molar-refractivity contribution in [1.82, 2.24) is 0 Å². The highest BCUT2D eigenvalue weighted by atomic mass is 35.5. The van der Waals surface area contributed by atoms with Crippen molar-refractivity contribution in [3.8, 4) is 0 Å². The summed E-state index contributed by atoms with van der Waals surface area (Å²) in [7, 11) is 0. The van der Waals surface area contributed by atoms with Crippen LogP contribution in [0.4, 0.5) is 0 Å². The zero-order valence-electron chi connectivity index (χ0n) is 20.1. The van der Waals surface area contributed by atoms with Crippen LogP contribution >= 0.6 is 11.6 Å². The molecular formula is C26H37ClO6. The minimum Gasteiger partial charge on any atom is -0.462 e. The van der Waals surface area contributed by atoms with Gasteiger partial charge in [-0.05, 0) is 49.0 Å². The summed E-state index contributed by atoms with van der Waals surface area (Å²) in [4.78, 5) is 36.3. The van der Waals surface area contributed by atoms with Crippen molar-refractivity contribution in [2.75, 3.05) is 5.88 Å². The fourth-order valence-electron chi connectivity index (χ4n) is 5.36. The number of carbonyl (C=O) groups is 3. The molecule has 8 atom stereocenters. The number of ether oxygens (including phenoxy) is 3. The zero-order valence-corrected chi connectivity index (χ0v) is 20.9. The Bertz CT molecular complexity index is 790. The predicted molar refractivity (Wildman–Crippen MR) is 125 cm³/mol. The van der Waals surface area contributed by atoms with Gasteiger partial charge in [0.15, 0.2) is 0 Å². The summed E-state index contributed by atoms with van der Waals surface area (Å²) in [5, 5.41) is 0. The molecule has 0 saturated carbocycles. The molecule has 1 fully saturated rings. The number of cyclic esters (lactones) is 1. The first-order valence-corrected chi connectivity index (χ1v) is 12.8. The number of allylic oxidation sites excluding steroid dienone is 3. The van der Waals surface area contributed by atoms with E-state index in [-0.39, 0.29) is 54.2 Å². The van der Waals surface area contributed by atoms with Gasteiger partial charge in [-0.1, -0.05) is 45.9 Å². The van der Waals surface area contributed by atoms with Gasteiger partial charge in [0.2, 0.25) is 0 Å². The number of hydrogen-bond donors (Lipinski definition) is 0. The van der Waals surface area contributed by atoms with Crippen molar-refractivity contribution < 1.29 is 28.6 Å². The van der Waals surface area contributed by atoms with Crippen LogP contribution in [0.25, 0.3) is 0 Å². The molecule has 1 heterocycles.